The second kappa shape index (κ2) is 3.73. The summed E-state index contributed by atoms with van der Waals surface area (Å²) in [5, 5.41) is 0. The number of hydrogen-bond acceptors (Lipinski definition) is 2. The molecule has 0 saturated heterocycles. The molecule has 2 aromatic heterocycles. The van der Waals surface area contributed by atoms with Crippen LogP contribution in [0.25, 0.3) is 5.52 Å². The topological polar surface area (TPSA) is 43.3 Å². The quantitative estimate of drug-likeness (QED) is 0.806. The van der Waals surface area contributed by atoms with Crippen molar-refractivity contribution in [2.75, 3.05) is 5.73 Å². The van der Waals surface area contributed by atoms with Gasteiger partial charge in [-0.2, -0.15) is 13.2 Å². The van der Waals surface area contributed by atoms with Crippen LogP contribution in [-0.4, -0.2) is 9.38 Å². The second-order valence-corrected chi connectivity index (χ2v) is 2.82. The molecule has 7 heteroatoms. The largest absolute Gasteiger partial charge is 0.416 e. The van der Waals surface area contributed by atoms with Crippen molar-refractivity contribution in [3.8, 4) is 0 Å². The van der Waals surface area contributed by atoms with Crippen LogP contribution in [0.4, 0.5) is 19.1 Å². The van der Waals surface area contributed by atoms with Crippen LogP contribution in [0.5, 0.6) is 0 Å². The lowest BCUT2D eigenvalue weighted by atomic mass is 10.2. The monoisotopic (exact) mass is 281 g/mol. The molecule has 82 valence electrons. The molecule has 0 bridgehead atoms. The number of aromatic nitrogens is 2. The molecular weight excluding hydrogens is 275 g/mol. The normalized spacial score (nSPS) is 11.4. The number of pyridine rings is 1. The van der Waals surface area contributed by atoms with Gasteiger partial charge in [0.15, 0.2) is 0 Å². The third-order valence-electron chi connectivity index (χ3n) is 1.89. The Kier molecular flexibility index (Phi) is 2.94. The maximum absolute atomic E-state index is 12.3. The summed E-state index contributed by atoms with van der Waals surface area (Å²) in [4.78, 5) is 3.69. The van der Waals surface area contributed by atoms with Crippen LogP contribution in [0.2, 0.25) is 0 Å². The smallest absolute Gasteiger partial charge is 0.369 e. The Labute approximate surface area is 93.5 Å². The van der Waals surface area contributed by atoms with E-state index in [0.717, 1.165) is 12.1 Å². The number of alkyl halides is 3. The van der Waals surface area contributed by atoms with Gasteiger partial charge in [-0.3, -0.25) is 4.40 Å². The Morgan fingerprint density at radius 2 is 2.00 bits per heavy atom. The van der Waals surface area contributed by atoms with E-state index < -0.39 is 11.7 Å². The van der Waals surface area contributed by atoms with E-state index in [1.165, 1.54) is 16.8 Å². The SMILES string of the molecule is Br.Nc1ncc2cc(C(F)(F)F)ccn12. The van der Waals surface area contributed by atoms with Crippen molar-refractivity contribution in [3.63, 3.8) is 0 Å². The summed E-state index contributed by atoms with van der Waals surface area (Å²) in [7, 11) is 0. The number of hydrogen-bond donors (Lipinski definition) is 1. The summed E-state index contributed by atoms with van der Waals surface area (Å²) >= 11 is 0. The first-order valence-corrected chi connectivity index (χ1v) is 3.78. The lowest BCUT2D eigenvalue weighted by Gasteiger charge is -2.06. The molecule has 0 unspecified atom stereocenters. The third kappa shape index (κ3) is 2.06. The van der Waals surface area contributed by atoms with E-state index >= 15 is 0 Å². The maximum Gasteiger partial charge on any atom is 0.416 e. The minimum absolute atomic E-state index is 0. The number of halogens is 4. The van der Waals surface area contributed by atoms with Gasteiger partial charge in [-0.25, -0.2) is 4.98 Å². The van der Waals surface area contributed by atoms with Crippen LogP contribution in [-0.2, 0) is 6.18 Å². The molecule has 0 amide bonds. The molecule has 2 heterocycles. The van der Waals surface area contributed by atoms with Crippen molar-refractivity contribution in [2.45, 2.75) is 6.18 Å². The van der Waals surface area contributed by atoms with Crippen LogP contribution in [0.3, 0.4) is 0 Å². The van der Waals surface area contributed by atoms with Crippen molar-refractivity contribution < 1.29 is 13.2 Å². The zero-order valence-electron chi connectivity index (χ0n) is 7.32. The second-order valence-electron chi connectivity index (χ2n) is 2.82. The maximum atomic E-state index is 12.3. The molecule has 15 heavy (non-hydrogen) atoms. The number of nitrogens with two attached hydrogens (primary N) is 1. The molecule has 0 spiro atoms. The molecule has 2 rings (SSSR count). The van der Waals surface area contributed by atoms with E-state index in [4.69, 9.17) is 5.73 Å². The minimum atomic E-state index is -4.33. The zero-order valence-corrected chi connectivity index (χ0v) is 9.04. The van der Waals surface area contributed by atoms with Gasteiger partial charge in [0.05, 0.1) is 17.3 Å². The molecule has 0 aliphatic heterocycles. The molecule has 0 aromatic carbocycles. The Balaban J connectivity index is 0.00000112. The first kappa shape index (κ1) is 11.8. The van der Waals surface area contributed by atoms with E-state index in [9.17, 15) is 13.2 Å². The molecule has 3 nitrogen and oxygen atoms in total. The number of anilines is 1. The summed E-state index contributed by atoms with van der Waals surface area (Å²) in [5.74, 6) is 0.175. The fourth-order valence-corrected chi connectivity index (χ4v) is 1.20. The lowest BCUT2D eigenvalue weighted by Crippen LogP contribution is -2.05. The summed E-state index contributed by atoms with van der Waals surface area (Å²) in [5.41, 5.74) is 5.03. The number of imidazole rings is 1. The van der Waals surface area contributed by atoms with Crippen molar-refractivity contribution in [1.82, 2.24) is 9.38 Å². The highest BCUT2D eigenvalue weighted by Crippen LogP contribution is 2.29. The third-order valence-corrected chi connectivity index (χ3v) is 1.89. The standard InChI is InChI=1S/C8H6F3N3.BrH/c9-8(10,11)5-1-2-14-6(3-5)4-13-7(14)12;/h1-4H,(H2,12,13);1H. The van der Waals surface area contributed by atoms with Gasteiger partial charge in [0.1, 0.15) is 0 Å². The zero-order chi connectivity index (χ0) is 10.3. The van der Waals surface area contributed by atoms with E-state index in [1.54, 1.807) is 0 Å². The van der Waals surface area contributed by atoms with E-state index in [1.807, 2.05) is 0 Å². The minimum Gasteiger partial charge on any atom is -0.369 e. The molecule has 0 aliphatic carbocycles. The van der Waals surface area contributed by atoms with Crippen molar-refractivity contribution in [2.24, 2.45) is 0 Å². The average molecular weight is 282 g/mol. The highest BCUT2D eigenvalue weighted by molar-refractivity contribution is 8.93. The number of fused-ring (bicyclic) bond motifs is 1. The van der Waals surface area contributed by atoms with Gasteiger partial charge in [0.25, 0.3) is 0 Å². The molecule has 0 fully saturated rings. The van der Waals surface area contributed by atoms with E-state index in [2.05, 4.69) is 4.98 Å². The molecular formula is C8H7BrF3N3. The summed E-state index contributed by atoms with van der Waals surface area (Å²) in [6.45, 7) is 0. The lowest BCUT2D eigenvalue weighted by molar-refractivity contribution is -0.137. The highest BCUT2D eigenvalue weighted by Gasteiger charge is 2.30. The fraction of sp³-hybridized carbons (Fsp3) is 0.125. The molecule has 2 N–H and O–H groups in total. The fourth-order valence-electron chi connectivity index (χ4n) is 1.20. The Morgan fingerprint density at radius 1 is 1.33 bits per heavy atom. The molecule has 0 saturated carbocycles. The van der Waals surface area contributed by atoms with Gasteiger partial charge in [-0.1, -0.05) is 0 Å². The highest BCUT2D eigenvalue weighted by atomic mass is 79.9. The van der Waals surface area contributed by atoms with Crippen LogP contribution in [0.1, 0.15) is 5.56 Å². The van der Waals surface area contributed by atoms with Gasteiger partial charge in [-0.15, -0.1) is 17.0 Å². The summed E-state index contributed by atoms with van der Waals surface area (Å²) < 4.78 is 38.2. The molecule has 0 aliphatic rings. The van der Waals surface area contributed by atoms with Crippen LogP contribution in [0, 0.1) is 0 Å². The first-order chi connectivity index (χ1) is 6.48. The summed E-state index contributed by atoms with van der Waals surface area (Å²) in [6.07, 6.45) is -1.79. The number of nitrogen functional groups attached to an aromatic ring is 1. The Hall–Kier alpha value is -1.24. The van der Waals surface area contributed by atoms with Crippen molar-refractivity contribution in [3.05, 3.63) is 30.1 Å². The first-order valence-electron chi connectivity index (χ1n) is 3.78. The van der Waals surface area contributed by atoms with E-state index in [0.29, 0.717) is 5.52 Å². The van der Waals surface area contributed by atoms with E-state index in [-0.39, 0.29) is 22.9 Å². The number of nitrogens with zero attached hydrogens (tertiary/aromatic N) is 2. The molecule has 2 aromatic rings. The molecule has 0 atom stereocenters. The van der Waals surface area contributed by atoms with Crippen LogP contribution >= 0.6 is 17.0 Å². The number of rotatable bonds is 0. The van der Waals surface area contributed by atoms with Gasteiger partial charge < -0.3 is 5.73 Å². The Morgan fingerprint density at radius 3 is 2.60 bits per heavy atom. The summed E-state index contributed by atoms with van der Waals surface area (Å²) in [6, 6.07) is 1.97. The predicted molar refractivity (Wildman–Crippen MR) is 54.9 cm³/mol. The molecule has 0 radical (unpaired) electrons. The van der Waals surface area contributed by atoms with Gasteiger partial charge >= 0.3 is 6.18 Å². The van der Waals surface area contributed by atoms with Gasteiger partial charge in [0, 0.05) is 6.20 Å². The van der Waals surface area contributed by atoms with Crippen molar-refractivity contribution >= 4 is 28.4 Å². The van der Waals surface area contributed by atoms with Crippen LogP contribution < -0.4 is 5.73 Å². The Bertz CT molecular complexity index is 477. The van der Waals surface area contributed by atoms with Gasteiger partial charge in [0.2, 0.25) is 5.95 Å². The predicted octanol–water partition coefficient (Wildman–Crippen LogP) is 2.51. The van der Waals surface area contributed by atoms with Gasteiger partial charge in [-0.05, 0) is 12.1 Å². The average Bonchev–Trinajstić information content (AvgIpc) is 2.46. The van der Waals surface area contributed by atoms with Crippen LogP contribution in [0.15, 0.2) is 24.5 Å². The van der Waals surface area contributed by atoms with Crippen molar-refractivity contribution in [1.29, 1.82) is 0 Å².